The van der Waals surface area contributed by atoms with Crippen molar-refractivity contribution in [3.63, 3.8) is 0 Å². The second-order valence-corrected chi connectivity index (χ2v) is 6.43. The van der Waals surface area contributed by atoms with Crippen molar-refractivity contribution < 1.29 is 9.59 Å². The molecular formula is C17H23N3O2. The highest BCUT2D eigenvalue weighted by Gasteiger charge is 2.40. The topological polar surface area (TPSA) is 66.6 Å². The number of hydrogen-bond acceptors (Lipinski definition) is 3. The number of amides is 2. The summed E-state index contributed by atoms with van der Waals surface area (Å²) in [7, 11) is 0. The van der Waals surface area contributed by atoms with E-state index in [9.17, 15) is 9.59 Å². The summed E-state index contributed by atoms with van der Waals surface area (Å²) < 4.78 is 0. The van der Waals surface area contributed by atoms with Gasteiger partial charge in [-0.3, -0.25) is 9.59 Å². The molecule has 118 valence electrons. The van der Waals surface area contributed by atoms with E-state index >= 15 is 0 Å². The van der Waals surface area contributed by atoms with Crippen LogP contribution in [0.4, 0.5) is 5.69 Å². The predicted molar refractivity (Wildman–Crippen MR) is 85.5 cm³/mol. The SMILES string of the molecule is Cc1ccc(N2CCC(C(=O)N3CC[C@@H](N)C3)C2=O)cc1C. The summed E-state index contributed by atoms with van der Waals surface area (Å²) in [6.07, 6.45) is 1.42. The van der Waals surface area contributed by atoms with Crippen molar-refractivity contribution in [2.45, 2.75) is 32.7 Å². The van der Waals surface area contributed by atoms with Gasteiger partial charge in [-0.1, -0.05) is 6.07 Å². The number of nitrogens with zero attached hydrogens (tertiary/aromatic N) is 2. The summed E-state index contributed by atoms with van der Waals surface area (Å²) in [5.41, 5.74) is 9.11. The second kappa shape index (κ2) is 5.72. The monoisotopic (exact) mass is 301 g/mol. The fraction of sp³-hybridized carbons (Fsp3) is 0.529. The van der Waals surface area contributed by atoms with Gasteiger partial charge in [0.15, 0.2) is 0 Å². The van der Waals surface area contributed by atoms with E-state index in [4.69, 9.17) is 5.73 Å². The van der Waals surface area contributed by atoms with E-state index in [1.165, 1.54) is 5.56 Å². The molecule has 5 heteroatoms. The van der Waals surface area contributed by atoms with E-state index < -0.39 is 5.92 Å². The van der Waals surface area contributed by atoms with Crippen LogP contribution in [-0.2, 0) is 9.59 Å². The lowest BCUT2D eigenvalue weighted by molar-refractivity contribution is -0.139. The normalized spacial score (nSPS) is 25.1. The molecule has 2 heterocycles. The Morgan fingerprint density at radius 1 is 1.18 bits per heavy atom. The van der Waals surface area contributed by atoms with Crippen molar-refractivity contribution >= 4 is 17.5 Å². The van der Waals surface area contributed by atoms with Crippen molar-refractivity contribution in [2.24, 2.45) is 11.7 Å². The Bertz CT molecular complexity index is 614. The summed E-state index contributed by atoms with van der Waals surface area (Å²) in [6.45, 7) is 5.94. The molecule has 2 amide bonds. The van der Waals surface area contributed by atoms with Gasteiger partial charge in [0.1, 0.15) is 5.92 Å². The van der Waals surface area contributed by atoms with E-state index in [-0.39, 0.29) is 17.9 Å². The largest absolute Gasteiger partial charge is 0.340 e. The first kappa shape index (κ1) is 15.0. The molecule has 2 aliphatic heterocycles. The number of carbonyl (C=O) groups is 2. The van der Waals surface area contributed by atoms with E-state index in [0.717, 1.165) is 17.7 Å². The molecule has 0 saturated carbocycles. The molecule has 2 fully saturated rings. The maximum atomic E-state index is 12.6. The molecule has 2 N–H and O–H groups in total. The Hall–Kier alpha value is -1.88. The van der Waals surface area contributed by atoms with Crippen molar-refractivity contribution in [1.29, 1.82) is 0 Å². The molecule has 1 aromatic rings. The molecule has 2 aliphatic rings. The van der Waals surface area contributed by atoms with Crippen LogP contribution >= 0.6 is 0 Å². The minimum Gasteiger partial charge on any atom is -0.340 e. The highest BCUT2D eigenvalue weighted by molar-refractivity contribution is 6.09. The van der Waals surface area contributed by atoms with Crippen LogP contribution in [0.25, 0.3) is 0 Å². The highest BCUT2D eigenvalue weighted by Crippen LogP contribution is 2.28. The van der Waals surface area contributed by atoms with Gasteiger partial charge in [0.2, 0.25) is 11.8 Å². The molecule has 1 aromatic carbocycles. The molecule has 5 nitrogen and oxygen atoms in total. The van der Waals surface area contributed by atoms with Crippen LogP contribution < -0.4 is 10.6 Å². The third kappa shape index (κ3) is 2.61. The molecule has 22 heavy (non-hydrogen) atoms. The number of benzene rings is 1. The first-order valence-electron chi connectivity index (χ1n) is 7.90. The zero-order chi connectivity index (χ0) is 15.9. The van der Waals surface area contributed by atoms with Crippen LogP contribution in [0.1, 0.15) is 24.0 Å². The smallest absolute Gasteiger partial charge is 0.239 e. The molecule has 0 aliphatic carbocycles. The van der Waals surface area contributed by atoms with E-state index in [2.05, 4.69) is 0 Å². The molecule has 0 spiro atoms. The number of rotatable bonds is 2. The Labute approximate surface area is 131 Å². The Balaban J connectivity index is 1.74. The Morgan fingerprint density at radius 2 is 1.95 bits per heavy atom. The zero-order valence-electron chi connectivity index (χ0n) is 13.2. The molecule has 3 rings (SSSR count). The van der Waals surface area contributed by atoms with Crippen LogP contribution in [0.5, 0.6) is 0 Å². The van der Waals surface area contributed by atoms with Gasteiger partial charge in [-0.05, 0) is 49.9 Å². The van der Waals surface area contributed by atoms with Crippen molar-refractivity contribution in [3.05, 3.63) is 29.3 Å². The summed E-state index contributed by atoms with van der Waals surface area (Å²) in [4.78, 5) is 28.6. The standard InChI is InChI=1S/C17H23N3O2/c1-11-3-4-14(9-12(11)2)20-8-6-15(17(20)22)16(21)19-7-5-13(18)10-19/h3-4,9,13,15H,5-8,10,18H2,1-2H3/t13-,15?/m1/s1. The van der Waals surface area contributed by atoms with Gasteiger partial charge < -0.3 is 15.5 Å². The van der Waals surface area contributed by atoms with Gasteiger partial charge in [0.25, 0.3) is 0 Å². The molecule has 0 radical (unpaired) electrons. The van der Waals surface area contributed by atoms with Gasteiger partial charge in [-0.25, -0.2) is 0 Å². The van der Waals surface area contributed by atoms with Crippen LogP contribution in [-0.4, -0.2) is 42.4 Å². The van der Waals surface area contributed by atoms with Crippen molar-refractivity contribution in [2.75, 3.05) is 24.5 Å². The summed E-state index contributed by atoms with van der Waals surface area (Å²) >= 11 is 0. The zero-order valence-corrected chi connectivity index (χ0v) is 13.2. The van der Waals surface area contributed by atoms with Crippen LogP contribution in [0.2, 0.25) is 0 Å². The number of nitrogens with two attached hydrogens (primary N) is 1. The third-order valence-corrected chi connectivity index (χ3v) is 4.84. The molecule has 0 bridgehead atoms. The lowest BCUT2D eigenvalue weighted by Crippen LogP contribution is -2.40. The fourth-order valence-electron chi connectivity index (χ4n) is 3.27. The predicted octanol–water partition coefficient (Wildman–Crippen LogP) is 1.22. The average molecular weight is 301 g/mol. The van der Waals surface area contributed by atoms with E-state index in [0.29, 0.717) is 26.1 Å². The Kier molecular flexibility index (Phi) is 3.91. The fourth-order valence-corrected chi connectivity index (χ4v) is 3.27. The molecule has 0 aromatic heterocycles. The molecule has 1 unspecified atom stereocenters. The highest BCUT2D eigenvalue weighted by atomic mass is 16.2. The van der Waals surface area contributed by atoms with Crippen molar-refractivity contribution in [3.8, 4) is 0 Å². The van der Waals surface area contributed by atoms with Crippen molar-refractivity contribution in [1.82, 2.24) is 4.90 Å². The minimum absolute atomic E-state index is 0.0516. The summed E-state index contributed by atoms with van der Waals surface area (Å²) in [5, 5.41) is 0. The van der Waals surface area contributed by atoms with Crippen LogP contribution in [0.3, 0.4) is 0 Å². The average Bonchev–Trinajstić information content (AvgIpc) is 3.08. The second-order valence-electron chi connectivity index (χ2n) is 6.43. The summed E-state index contributed by atoms with van der Waals surface area (Å²) in [6, 6.07) is 6.05. The maximum absolute atomic E-state index is 12.6. The minimum atomic E-state index is -0.535. The van der Waals surface area contributed by atoms with E-state index in [1.54, 1.807) is 9.80 Å². The number of aryl methyl sites for hydroxylation is 2. The molecule has 2 atom stereocenters. The first-order chi connectivity index (χ1) is 10.5. The first-order valence-corrected chi connectivity index (χ1v) is 7.90. The Morgan fingerprint density at radius 3 is 2.59 bits per heavy atom. The van der Waals surface area contributed by atoms with Gasteiger partial charge in [-0.15, -0.1) is 0 Å². The van der Waals surface area contributed by atoms with Gasteiger partial charge >= 0.3 is 0 Å². The number of hydrogen-bond donors (Lipinski definition) is 1. The third-order valence-electron chi connectivity index (χ3n) is 4.84. The molecular weight excluding hydrogens is 278 g/mol. The number of anilines is 1. The lowest BCUT2D eigenvalue weighted by atomic mass is 10.1. The van der Waals surface area contributed by atoms with Crippen LogP contribution in [0, 0.1) is 19.8 Å². The lowest BCUT2D eigenvalue weighted by Gasteiger charge is -2.21. The number of carbonyl (C=O) groups excluding carboxylic acids is 2. The number of likely N-dealkylation sites (tertiary alicyclic amines) is 1. The summed E-state index contributed by atoms with van der Waals surface area (Å²) in [5.74, 6) is -0.662. The van der Waals surface area contributed by atoms with Gasteiger partial charge in [-0.2, -0.15) is 0 Å². The molecule has 2 saturated heterocycles. The maximum Gasteiger partial charge on any atom is 0.239 e. The van der Waals surface area contributed by atoms with Crippen LogP contribution in [0.15, 0.2) is 18.2 Å². The van der Waals surface area contributed by atoms with Gasteiger partial charge in [0, 0.05) is 31.4 Å². The van der Waals surface area contributed by atoms with E-state index in [1.807, 2.05) is 32.0 Å². The van der Waals surface area contributed by atoms with Gasteiger partial charge in [0.05, 0.1) is 0 Å². The quantitative estimate of drug-likeness (QED) is 0.835.